The van der Waals surface area contributed by atoms with E-state index in [9.17, 15) is 15.0 Å². The van der Waals surface area contributed by atoms with Gasteiger partial charge >= 0.3 is 0 Å². The molecule has 1 aromatic carbocycles. The molecule has 0 radical (unpaired) electrons. The van der Waals surface area contributed by atoms with Gasteiger partial charge in [-0.2, -0.15) is 0 Å². The maximum absolute atomic E-state index is 12.0. The smallest absolute Gasteiger partial charge is 0.255 e. The number of para-hydroxylation sites is 1. The van der Waals surface area contributed by atoms with E-state index in [4.69, 9.17) is 4.42 Å². The van der Waals surface area contributed by atoms with Crippen molar-refractivity contribution < 1.29 is 19.4 Å². The zero-order valence-electron chi connectivity index (χ0n) is 10.7. The van der Waals surface area contributed by atoms with Crippen LogP contribution in [0.4, 0.5) is 0 Å². The van der Waals surface area contributed by atoms with Gasteiger partial charge in [-0.25, -0.2) is 0 Å². The van der Waals surface area contributed by atoms with E-state index in [1.807, 2.05) is 13.0 Å². The van der Waals surface area contributed by atoms with Gasteiger partial charge in [0, 0.05) is 0 Å². The summed E-state index contributed by atoms with van der Waals surface area (Å²) in [6, 6.07) is 7.50. The lowest BCUT2D eigenvalue weighted by molar-refractivity contribution is 0.0931. The summed E-state index contributed by atoms with van der Waals surface area (Å²) in [5.74, 6) is 0.161. The molecule has 5 nitrogen and oxygen atoms in total. The first-order valence-electron chi connectivity index (χ1n) is 5.87. The van der Waals surface area contributed by atoms with Crippen molar-refractivity contribution >= 4 is 5.91 Å². The highest BCUT2D eigenvalue weighted by Crippen LogP contribution is 2.28. The molecule has 0 aliphatic rings. The summed E-state index contributed by atoms with van der Waals surface area (Å²) in [7, 11) is 0. The van der Waals surface area contributed by atoms with Crippen molar-refractivity contribution in [3.63, 3.8) is 0 Å². The van der Waals surface area contributed by atoms with Crippen LogP contribution < -0.4 is 5.32 Å². The van der Waals surface area contributed by atoms with Gasteiger partial charge in [-0.1, -0.05) is 6.07 Å². The molecule has 2 aromatic rings. The monoisotopic (exact) mass is 261 g/mol. The minimum absolute atomic E-state index is 0.0233. The van der Waals surface area contributed by atoms with E-state index in [-0.39, 0.29) is 17.4 Å². The number of carbonyl (C=O) groups excluding carboxylic acids is 1. The normalized spacial score (nSPS) is 12.1. The Balaban J connectivity index is 2.15. The number of aryl methyl sites for hydroxylation is 1. The molecular formula is C14H15NO4. The molecule has 3 N–H and O–H groups in total. The zero-order valence-corrected chi connectivity index (χ0v) is 10.7. The molecule has 100 valence electrons. The summed E-state index contributed by atoms with van der Waals surface area (Å²) in [5.41, 5.74) is 0.0233. The molecule has 0 fully saturated rings. The third kappa shape index (κ3) is 2.70. The highest BCUT2D eigenvalue weighted by Gasteiger charge is 2.18. The minimum Gasteiger partial charge on any atom is -0.504 e. The first-order valence-corrected chi connectivity index (χ1v) is 5.87. The largest absolute Gasteiger partial charge is 0.504 e. The lowest BCUT2D eigenvalue weighted by Crippen LogP contribution is -2.26. The van der Waals surface area contributed by atoms with Gasteiger partial charge in [-0.3, -0.25) is 4.79 Å². The SMILES string of the molecule is Cc1ccc(C(C)NC(=O)c2cccc(O)c2O)o1. The summed E-state index contributed by atoms with van der Waals surface area (Å²) in [6.07, 6.45) is 0. The lowest BCUT2D eigenvalue weighted by Gasteiger charge is -2.12. The Hall–Kier alpha value is -2.43. The number of carbonyl (C=O) groups is 1. The van der Waals surface area contributed by atoms with Crippen LogP contribution in [0.25, 0.3) is 0 Å². The van der Waals surface area contributed by atoms with Gasteiger partial charge in [0.15, 0.2) is 11.5 Å². The Labute approximate surface area is 110 Å². The maximum Gasteiger partial charge on any atom is 0.255 e. The van der Waals surface area contributed by atoms with Crippen molar-refractivity contribution in [1.29, 1.82) is 0 Å². The first kappa shape index (κ1) is 13.0. The van der Waals surface area contributed by atoms with Crippen molar-refractivity contribution in [2.45, 2.75) is 19.9 Å². The molecule has 19 heavy (non-hydrogen) atoms. The van der Waals surface area contributed by atoms with Gasteiger partial charge in [0.2, 0.25) is 0 Å². The fraction of sp³-hybridized carbons (Fsp3) is 0.214. The molecule has 0 aliphatic heterocycles. The zero-order chi connectivity index (χ0) is 14.0. The van der Waals surface area contributed by atoms with Gasteiger partial charge in [0.05, 0.1) is 11.6 Å². The van der Waals surface area contributed by atoms with Crippen LogP contribution in [0.15, 0.2) is 34.7 Å². The number of benzene rings is 1. The molecule has 0 saturated carbocycles. The topological polar surface area (TPSA) is 82.7 Å². The molecule has 1 unspecified atom stereocenters. The van der Waals surface area contributed by atoms with Crippen molar-refractivity contribution in [3.8, 4) is 11.5 Å². The quantitative estimate of drug-likeness (QED) is 0.741. The van der Waals surface area contributed by atoms with Crippen LogP contribution in [0, 0.1) is 6.92 Å². The Bertz CT molecular complexity index is 603. The third-order valence-electron chi connectivity index (χ3n) is 2.79. The number of phenolic OH excluding ortho intramolecular Hbond substituents is 2. The molecule has 5 heteroatoms. The Morgan fingerprint density at radius 3 is 2.63 bits per heavy atom. The van der Waals surface area contributed by atoms with Crippen LogP contribution in [0.1, 0.15) is 34.8 Å². The summed E-state index contributed by atoms with van der Waals surface area (Å²) in [4.78, 5) is 12.0. The number of hydrogen-bond acceptors (Lipinski definition) is 4. The molecule has 0 saturated heterocycles. The maximum atomic E-state index is 12.0. The van der Waals surface area contributed by atoms with Gasteiger partial charge in [0.1, 0.15) is 11.5 Å². The molecule has 2 rings (SSSR count). The Kier molecular flexibility index (Phi) is 3.46. The molecule has 1 amide bonds. The number of amides is 1. The summed E-state index contributed by atoms with van der Waals surface area (Å²) in [6.45, 7) is 3.59. The standard InChI is InChI=1S/C14H15NO4/c1-8-6-7-12(19-8)9(2)15-14(18)10-4-3-5-11(16)13(10)17/h3-7,9,16-17H,1-2H3,(H,15,18). The number of hydrogen-bond donors (Lipinski definition) is 3. The van der Waals surface area contributed by atoms with Crippen LogP contribution >= 0.6 is 0 Å². The number of nitrogens with one attached hydrogen (secondary N) is 1. The predicted octanol–water partition coefficient (Wildman–Crippen LogP) is 2.49. The van der Waals surface area contributed by atoms with Crippen LogP contribution in [0.5, 0.6) is 11.5 Å². The van der Waals surface area contributed by atoms with E-state index in [0.717, 1.165) is 5.76 Å². The van der Waals surface area contributed by atoms with E-state index in [1.54, 1.807) is 13.0 Å². The second kappa shape index (κ2) is 5.06. The molecule has 1 atom stereocenters. The lowest BCUT2D eigenvalue weighted by atomic mass is 10.1. The molecule has 0 bridgehead atoms. The molecular weight excluding hydrogens is 246 g/mol. The third-order valence-corrected chi connectivity index (χ3v) is 2.79. The molecule has 1 heterocycles. The highest BCUT2D eigenvalue weighted by atomic mass is 16.3. The van der Waals surface area contributed by atoms with E-state index in [0.29, 0.717) is 5.76 Å². The summed E-state index contributed by atoms with van der Waals surface area (Å²) < 4.78 is 5.41. The van der Waals surface area contributed by atoms with Crippen LogP contribution in [0.3, 0.4) is 0 Å². The van der Waals surface area contributed by atoms with Crippen LogP contribution in [-0.4, -0.2) is 16.1 Å². The van der Waals surface area contributed by atoms with Crippen molar-refractivity contribution in [2.24, 2.45) is 0 Å². The first-order chi connectivity index (χ1) is 8.99. The van der Waals surface area contributed by atoms with Gasteiger partial charge in [-0.05, 0) is 38.1 Å². The van der Waals surface area contributed by atoms with Gasteiger partial charge in [-0.15, -0.1) is 0 Å². The number of rotatable bonds is 3. The second-order valence-electron chi connectivity index (χ2n) is 4.32. The Morgan fingerprint density at radius 1 is 1.26 bits per heavy atom. The molecule has 0 aliphatic carbocycles. The second-order valence-corrected chi connectivity index (χ2v) is 4.32. The van der Waals surface area contributed by atoms with Gasteiger partial charge in [0.25, 0.3) is 5.91 Å². The minimum atomic E-state index is -0.477. The van der Waals surface area contributed by atoms with E-state index in [2.05, 4.69) is 5.32 Å². The predicted molar refractivity (Wildman–Crippen MR) is 69.1 cm³/mol. The average molecular weight is 261 g/mol. The molecule has 0 spiro atoms. The van der Waals surface area contributed by atoms with E-state index >= 15 is 0 Å². The van der Waals surface area contributed by atoms with Gasteiger partial charge < -0.3 is 19.9 Å². The molecule has 1 aromatic heterocycles. The Morgan fingerprint density at radius 2 is 2.00 bits per heavy atom. The number of phenols is 2. The van der Waals surface area contributed by atoms with Crippen molar-refractivity contribution in [1.82, 2.24) is 5.32 Å². The average Bonchev–Trinajstić information content (AvgIpc) is 2.79. The fourth-order valence-corrected chi connectivity index (χ4v) is 1.75. The van der Waals surface area contributed by atoms with Crippen LogP contribution in [-0.2, 0) is 0 Å². The van der Waals surface area contributed by atoms with Crippen molar-refractivity contribution in [3.05, 3.63) is 47.4 Å². The van der Waals surface area contributed by atoms with E-state index < -0.39 is 11.7 Å². The van der Waals surface area contributed by atoms with Crippen LogP contribution in [0.2, 0.25) is 0 Å². The summed E-state index contributed by atoms with van der Waals surface area (Å²) >= 11 is 0. The fourth-order valence-electron chi connectivity index (χ4n) is 1.75. The van der Waals surface area contributed by atoms with Crippen molar-refractivity contribution in [2.75, 3.05) is 0 Å². The number of furan rings is 1. The van der Waals surface area contributed by atoms with E-state index in [1.165, 1.54) is 18.2 Å². The highest BCUT2D eigenvalue weighted by molar-refractivity contribution is 5.97. The number of aromatic hydroxyl groups is 2. The summed E-state index contributed by atoms with van der Waals surface area (Å²) in [5, 5.41) is 21.7.